The Balaban J connectivity index is 4.21. The van der Waals surface area contributed by atoms with Gasteiger partial charge in [0.15, 0.2) is 5.90 Å². The van der Waals surface area contributed by atoms with Crippen molar-refractivity contribution in [1.29, 1.82) is 0 Å². The van der Waals surface area contributed by atoms with Crippen molar-refractivity contribution in [3.05, 3.63) is 0 Å². The van der Waals surface area contributed by atoms with Crippen LogP contribution in [0.15, 0.2) is 0 Å². The van der Waals surface area contributed by atoms with Crippen LogP contribution in [0.1, 0.15) is 65.2 Å². The molecular weight excluding hydrogens is 314 g/mol. The zero-order valence-electron chi connectivity index (χ0n) is 13.2. The normalized spacial score (nSPS) is 12.8. The van der Waals surface area contributed by atoms with E-state index in [1.54, 1.807) is 0 Å². The van der Waals surface area contributed by atoms with Crippen molar-refractivity contribution >= 4 is 15.2 Å². The molecule has 0 aliphatic rings. The lowest BCUT2D eigenvalue weighted by molar-refractivity contribution is 0.199. The third-order valence-corrected chi connectivity index (χ3v) is 6.94. The maximum Gasteiger partial charge on any atom is 0.342 e. The molecular formula is C13H30O6P2. The summed E-state index contributed by atoms with van der Waals surface area (Å²) in [6, 6.07) is 0. The minimum absolute atomic E-state index is 0.215. The van der Waals surface area contributed by atoms with Crippen LogP contribution in [-0.4, -0.2) is 28.9 Å². The third kappa shape index (κ3) is 13.7. The molecule has 0 aromatic rings. The summed E-state index contributed by atoms with van der Waals surface area (Å²) in [6.07, 6.45) is 7.61. The van der Waals surface area contributed by atoms with Crippen LogP contribution in [-0.2, 0) is 18.2 Å². The summed E-state index contributed by atoms with van der Waals surface area (Å²) in [5.41, 5.74) is 0. The second kappa shape index (κ2) is 11.8. The summed E-state index contributed by atoms with van der Waals surface area (Å²) in [6.45, 7) is 4.59. The van der Waals surface area contributed by atoms with Crippen molar-refractivity contribution in [3.8, 4) is 0 Å². The Hall–Kier alpha value is 0.300. The van der Waals surface area contributed by atoms with Crippen LogP contribution in [0.3, 0.4) is 0 Å². The van der Waals surface area contributed by atoms with Crippen molar-refractivity contribution in [1.82, 2.24) is 0 Å². The van der Waals surface area contributed by atoms with E-state index in [-0.39, 0.29) is 13.2 Å². The first-order chi connectivity index (χ1) is 9.83. The molecule has 0 amide bonds. The molecule has 0 aliphatic heterocycles. The number of hydrogen-bond donors (Lipinski definition) is 2. The van der Waals surface area contributed by atoms with Crippen LogP contribution in [0.2, 0.25) is 0 Å². The molecule has 0 unspecified atom stereocenters. The Kier molecular flexibility index (Phi) is 12.0. The quantitative estimate of drug-likeness (QED) is 0.356. The van der Waals surface area contributed by atoms with E-state index in [9.17, 15) is 9.13 Å². The van der Waals surface area contributed by atoms with Gasteiger partial charge in [0.05, 0.1) is 13.2 Å². The van der Waals surface area contributed by atoms with Gasteiger partial charge in [-0.25, -0.2) is 0 Å². The predicted octanol–water partition coefficient (Wildman–Crippen LogP) is 4.51. The fourth-order valence-electron chi connectivity index (χ4n) is 1.81. The first kappa shape index (κ1) is 21.3. The summed E-state index contributed by atoms with van der Waals surface area (Å²) in [5.74, 6) is -0.832. The van der Waals surface area contributed by atoms with Gasteiger partial charge in [-0.2, -0.15) is 0 Å². The molecule has 0 radical (unpaired) electrons. The topological polar surface area (TPSA) is 93.1 Å². The molecule has 0 heterocycles. The van der Waals surface area contributed by atoms with Gasteiger partial charge in [0.2, 0.25) is 0 Å². The van der Waals surface area contributed by atoms with E-state index in [4.69, 9.17) is 18.8 Å². The molecule has 0 aliphatic carbocycles. The molecule has 8 heteroatoms. The Morgan fingerprint density at radius 3 is 1.52 bits per heavy atom. The van der Waals surface area contributed by atoms with E-state index in [1.165, 1.54) is 0 Å². The fourth-order valence-corrected chi connectivity index (χ4v) is 5.16. The molecule has 0 rings (SSSR count). The van der Waals surface area contributed by atoms with E-state index in [1.807, 2.05) is 0 Å². The zero-order chi connectivity index (χ0) is 16.2. The highest BCUT2D eigenvalue weighted by Gasteiger charge is 2.34. The van der Waals surface area contributed by atoms with Crippen molar-refractivity contribution in [2.45, 2.75) is 65.2 Å². The molecule has 0 aromatic carbocycles. The Morgan fingerprint density at radius 1 is 0.762 bits per heavy atom. The molecule has 21 heavy (non-hydrogen) atoms. The second-order valence-corrected chi connectivity index (χ2v) is 9.40. The van der Waals surface area contributed by atoms with Gasteiger partial charge in [0.25, 0.3) is 0 Å². The van der Waals surface area contributed by atoms with E-state index in [2.05, 4.69) is 13.8 Å². The SMILES string of the molecule is CCCCCCOP(=O)(CP(=O)(O)O)OCCCCCC. The Morgan fingerprint density at radius 2 is 1.19 bits per heavy atom. The van der Waals surface area contributed by atoms with Gasteiger partial charge in [-0.05, 0) is 12.8 Å². The Bertz CT molecular complexity index is 324. The lowest BCUT2D eigenvalue weighted by Crippen LogP contribution is -2.04. The summed E-state index contributed by atoms with van der Waals surface area (Å²) in [7, 11) is -8.12. The average molecular weight is 344 g/mol. The third-order valence-electron chi connectivity index (χ3n) is 2.93. The molecule has 0 fully saturated rings. The van der Waals surface area contributed by atoms with Gasteiger partial charge < -0.3 is 18.8 Å². The van der Waals surface area contributed by atoms with Gasteiger partial charge in [0.1, 0.15) is 0 Å². The van der Waals surface area contributed by atoms with E-state index in [0.717, 1.165) is 51.4 Å². The summed E-state index contributed by atoms with van der Waals surface area (Å²) in [4.78, 5) is 18.0. The highest BCUT2D eigenvalue weighted by atomic mass is 31.2. The summed E-state index contributed by atoms with van der Waals surface area (Å²) in [5, 5.41) is 0. The van der Waals surface area contributed by atoms with Crippen molar-refractivity contribution < 1.29 is 28.0 Å². The molecule has 0 spiro atoms. The van der Waals surface area contributed by atoms with Gasteiger partial charge in [-0.3, -0.25) is 9.13 Å². The van der Waals surface area contributed by atoms with Gasteiger partial charge >= 0.3 is 15.2 Å². The first-order valence-corrected chi connectivity index (χ1v) is 11.3. The predicted molar refractivity (Wildman–Crippen MR) is 84.7 cm³/mol. The van der Waals surface area contributed by atoms with Gasteiger partial charge in [0, 0.05) is 0 Å². The minimum atomic E-state index is -4.42. The number of hydrogen-bond acceptors (Lipinski definition) is 4. The molecule has 0 aromatic heterocycles. The number of unbranched alkanes of at least 4 members (excludes halogenated alkanes) is 6. The van der Waals surface area contributed by atoms with Gasteiger partial charge in [-0.15, -0.1) is 0 Å². The molecule has 6 nitrogen and oxygen atoms in total. The first-order valence-electron chi connectivity index (χ1n) is 7.75. The van der Waals surface area contributed by atoms with Crippen LogP contribution in [0.4, 0.5) is 0 Å². The molecule has 128 valence electrons. The highest BCUT2D eigenvalue weighted by molar-refractivity contribution is 7.70. The van der Waals surface area contributed by atoms with E-state index >= 15 is 0 Å². The van der Waals surface area contributed by atoms with Crippen molar-refractivity contribution in [2.75, 3.05) is 19.1 Å². The highest BCUT2D eigenvalue weighted by Crippen LogP contribution is 2.59. The van der Waals surface area contributed by atoms with E-state index < -0.39 is 21.1 Å². The lowest BCUT2D eigenvalue weighted by atomic mass is 10.2. The zero-order valence-corrected chi connectivity index (χ0v) is 15.0. The van der Waals surface area contributed by atoms with Crippen LogP contribution >= 0.6 is 15.2 Å². The van der Waals surface area contributed by atoms with Crippen LogP contribution in [0, 0.1) is 0 Å². The van der Waals surface area contributed by atoms with Crippen LogP contribution in [0.5, 0.6) is 0 Å². The molecule has 0 atom stereocenters. The molecule has 0 saturated heterocycles. The molecule has 0 bridgehead atoms. The van der Waals surface area contributed by atoms with E-state index in [0.29, 0.717) is 0 Å². The van der Waals surface area contributed by atoms with Crippen molar-refractivity contribution in [2.24, 2.45) is 0 Å². The molecule has 0 saturated carbocycles. The lowest BCUT2D eigenvalue weighted by Gasteiger charge is -2.19. The summed E-state index contributed by atoms with van der Waals surface area (Å²) < 4.78 is 33.8. The van der Waals surface area contributed by atoms with Gasteiger partial charge in [-0.1, -0.05) is 52.4 Å². The standard InChI is InChI=1S/C13H30O6P2/c1-3-5-7-9-11-18-21(17,13-20(14,15)16)19-12-10-8-6-4-2/h3-13H2,1-2H3,(H2,14,15,16). The average Bonchev–Trinajstić information content (AvgIpc) is 2.36. The maximum absolute atomic E-state index is 12.4. The monoisotopic (exact) mass is 344 g/mol. The van der Waals surface area contributed by atoms with Crippen molar-refractivity contribution in [3.63, 3.8) is 0 Å². The largest absolute Gasteiger partial charge is 0.342 e. The van der Waals surface area contributed by atoms with Crippen LogP contribution in [0.25, 0.3) is 0 Å². The smallest absolute Gasteiger partial charge is 0.324 e. The fraction of sp³-hybridized carbons (Fsp3) is 1.00. The van der Waals surface area contributed by atoms with Crippen LogP contribution < -0.4 is 0 Å². The number of rotatable bonds is 14. The summed E-state index contributed by atoms with van der Waals surface area (Å²) >= 11 is 0. The minimum Gasteiger partial charge on any atom is -0.324 e. The Labute approximate surface area is 128 Å². The molecule has 2 N–H and O–H groups in total. The second-order valence-electron chi connectivity index (χ2n) is 5.20. The maximum atomic E-state index is 12.4.